The first-order valence-corrected chi connectivity index (χ1v) is 6.00. The van der Waals surface area contributed by atoms with E-state index in [9.17, 15) is 0 Å². The van der Waals surface area contributed by atoms with Gasteiger partial charge in [-0.25, -0.2) is 0 Å². The molecule has 0 aliphatic heterocycles. The van der Waals surface area contributed by atoms with E-state index in [1.54, 1.807) is 7.11 Å². The standard InChI is InChI=1S/C12H24N4O/c1-7-12(5,17-6)10-15-14-9(8-13)16(10)11(2,3)4/h7-8,13H2,1-6H3. The average molecular weight is 240 g/mol. The summed E-state index contributed by atoms with van der Waals surface area (Å²) >= 11 is 0. The smallest absolute Gasteiger partial charge is 0.165 e. The third-order valence-corrected chi connectivity index (χ3v) is 3.18. The Morgan fingerprint density at radius 1 is 1.24 bits per heavy atom. The molecule has 0 saturated heterocycles. The van der Waals surface area contributed by atoms with Gasteiger partial charge in [0.15, 0.2) is 5.82 Å². The second kappa shape index (κ2) is 4.74. The van der Waals surface area contributed by atoms with E-state index in [1.807, 2.05) is 6.92 Å². The summed E-state index contributed by atoms with van der Waals surface area (Å²) in [5, 5.41) is 8.45. The van der Waals surface area contributed by atoms with Crippen LogP contribution in [0.3, 0.4) is 0 Å². The molecule has 5 nitrogen and oxygen atoms in total. The summed E-state index contributed by atoms with van der Waals surface area (Å²) in [7, 11) is 1.70. The molecule has 1 aromatic heterocycles. The van der Waals surface area contributed by atoms with Crippen LogP contribution in [0.25, 0.3) is 0 Å². The fraction of sp³-hybridized carbons (Fsp3) is 0.833. The van der Waals surface area contributed by atoms with Gasteiger partial charge in [-0.15, -0.1) is 10.2 Å². The van der Waals surface area contributed by atoms with Gasteiger partial charge in [-0.2, -0.15) is 0 Å². The van der Waals surface area contributed by atoms with Gasteiger partial charge < -0.3 is 15.0 Å². The summed E-state index contributed by atoms with van der Waals surface area (Å²) in [4.78, 5) is 0. The van der Waals surface area contributed by atoms with Crippen LogP contribution in [0.5, 0.6) is 0 Å². The Labute approximate surface area is 103 Å². The fourth-order valence-electron chi connectivity index (χ4n) is 1.89. The number of aromatic nitrogens is 3. The summed E-state index contributed by atoms with van der Waals surface area (Å²) in [6.45, 7) is 10.8. The van der Waals surface area contributed by atoms with Crippen molar-refractivity contribution in [1.29, 1.82) is 0 Å². The highest BCUT2D eigenvalue weighted by molar-refractivity contribution is 5.08. The van der Waals surface area contributed by atoms with Crippen LogP contribution < -0.4 is 5.73 Å². The first kappa shape index (κ1) is 14.1. The van der Waals surface area contributed by atoms with Crippen molar-refractivity contribution in [3.05, 3.63) is 11.6 Å². The minimum Gasteiger partial charge on any atom is -0.371 e. The van der Waals surface area contributed by atoms with Crippen LogP contribution in [0, 0.1) is 0 Å². The van der Waals surface area contributed by atoms with Gasteiger partial charge in [0.25, 0.3) is 0 Å². The minimum atomic E-state index is -0.423. The van der Waals surface area contributed by atoms with Crippen LogP contribution in [-0.4, -0.2) is 21.9 Å². The molecule has 0 aromatic carbocycles. The zero-order valence-corrected chi connectivity index (χ0v) is 11.7. The summed E-state index contributed by atoms with van der Waals surface area (Å²) in [5.41, 5.74) is 5.19. The number of methoxy groups -OCH3 is 1. The van der Waals surface area contributed by atoms with Crippen molar-refractivity contribution in [2.45, 2.75) is 58.7 Å². The molecule has 0 bridgehead atoms. The number of rotatable bonds is 4. The molecule has 0 amide bonds. The number of nitrogens with two attached hydrogens (primary N) is 1. The second-order valence-corrected chi connectivity index (χ2v) is 5.44. The van der Waals surface area contributed by atoms with Crippen molar-refractivity contribution in [2.75, 3.05) is 7.11 Å². The fourth-order valence-corrected chi connectivity index (χ4v) is 1.89. The lowest BCUT2D eigenvalue weighted by molar-refractivity contribution is -0.0149. The molecule has 17 heavy (non-hydrogen) atoms. The molecule has 0 radical (unpaired) electrons. The predicted molar refractivity (Wildman–Crippen MR) is 67.6 cm³/mol. The lowest BCUT2D eigenvalue weighted by Gasteiger charge is -2.32. The molecule has 1 heterocycles. The first-order valence-electron chi connectivity index (χ1n) is 6.00. The number of hydrogen-bond acceptors (Lipinski definition) is 4. The Balaban J connectivity index is 3.40. The van der Waals surface area contributed by atoms with Gasteiger partial charge >= 0.3 is 0 Å². The Bertz CT molecular complexity index is 374. The number of hydrogen-bond donors (Lipinski definition) is 1. The number of ether oxygens (including phenoxy) is 1. The van der Waals surface area contributed by atoms with E-state index in [0.29, 0.717) is 6.54 Å². The quantitative estimate of drug-likeness (QED) is 0.871. The van der Waals surface area contributed by atoms with Crippen LogP contribution in [0.4, 0.5) is 0 Å². The highest BCUT2D eigenvalue weighted by Gasteiger charge is 2.34. The summed E-state index contributed by atoms with van der Waals surface area (Å²) in [6.07, 6.45) is 0.836. The van der Waals surface area contributed by atoms with E-state index >= 15 is 0 Å². The van der Waals surface area contributed by atoms with E-state index in [1.165, 1.54) is 0 Å². The van der Waals surface area contributed by atoms with Crippen molar-refractivity contribution < 1.29 is 4.74 Å². The third kappa shape index (κ3) is 2.50. The van der Waals surface area contributed by atoms with Crippen LogP contribution in [-0.2, 0) is 22.4 Å². The molecule has 1 aromatic rings. The molecule has 2 N–H and O–H groups in total. The monoisotopic (exact) mass is 240 g/mol. The maximum Gasteiger partial charge on any atom is 0.165 e. The van der Waals surface area contributed by atoms with E-state index in [0.717, 1.165) is 18.1 Å². The number of nitrogens with zero attached hydrogens (tertiary/aromatic N) is 3. The van der Waals surface area contributed by atoms with Gasteiger partial charge in [-0.05, 0) is 34.1 Å². The first-order chi connectivity index (χ1) is 7.80. The van der Waals surface area contributed by atoms with E-state index < -0.39 is 5.60 Å². The minimum absolute atomic E-state index is 0.109. The molecule has 98 valence electrons. The third-order valence-electron chi connectivity index (χ3n) is 3.18. The maximum absolute atomic E-state index is 5.72. The van der Waals surface area contributed by atoms with Crippen LogP contribution in [0.1, 0.15) is 52.7 Å². The van der Waals surface area contributed by atoms with Gasteiger partial charge in [-0.1, -0.05) is 6.92 Å². The molecule has 5 heteroatoms. The molecule has 0 saturated carbocycles. The molecular formula is C12H24N4O. The van der Waals surface area contributed by atoms with E-state index in [4.69, 9.17) is 10.5 Å². The molecule has 1 unspecified atom stereocenters. The summed E-state index contributed by atoms with van der Waals surface area (Å²) in [6, 6.07) is 0. The van der Waals surface area contributed by atoms with Gasteiger partial charge in [0, 0.05) is 12.6 Å². The SMILES string of the molecule is CCC(C)(OC)c1nnc(CN)n1C(C)(C)C. The van der Waals surface area contributed by atoms with Crippen molar-refractivity contribution in [1.82, 2.24) is 14.8 Å². The molecule has 0 fully saturated rings. The van der Waals surface area contributed by atoms with Gasteiger partial charge in [0.2, 0.25) is 0 Å². The second-order valence-electron chi connectivity index (χ2n) is 5.44. The molecular weight excluding hydrogens is 216 g/mol. The lowest BCUT2D eigenvalue weighted by Crippen LogP contribution is -2.35. The molecule has 0 aliphatic carbocycles. The predicted octanol–water partition coefficient (Wildman–Crippen LogP) is 1.76. The van der Waals surface area contributed by atoms with E-state index in [-0.39, 0.29) is 5.54 Å². The highest BCUT2D eigenvalue weighted by Crippen LogP contribution is 2.31. The van der Waals surface area contributed by atoms with Crippen molar-refractivity contribution >= 4 is 0 Å². The zero-order valence-electron chi connectivity index (χ0n) is 11.7. The Kier molecular flexibility index (Phi) is 3.94. The van der Waals surface area contributed by atoms with Crippen molar-refractivity contribution in [3.63, 3.8) is 0 Å². The molecule has 0 aliphatic rings. The molecule has 1 rings (SSSR count). The summed E-state index contributed by atoms with van der Waals surface area (Å²) < 4.78 is 7.69. The maximum atomic E-state index is 5.72. The van der Waals surface area contributed by atoms with Gasteiger partial charge in [-0.3, -0.25) is 0 Å². The Hall–Kier alpha value is -0.940. The van der Waals surface area contributed by atoms with E-state index in [2.05, 4.69) is 42.5 Å². The van der Waals surface area contributed by atoms with Crippen molar-refractivity contribution in [3.8, 4) is 0 Å². The zero-order chi connectivity index (χ0) is 13.3. The largest absolute Gasteiger partial charge is 0.371 e. The average Bonchev–Trinajstić information content (AvgIpc) is 2.71. The molecule has 0 spiro atoms. The van der Waals surface area contributed by atoms with Gasteiger partial charge in [0.1, 0.15) is 11.4 Å². The normalized spacial score (nSPS) is 15.9. The Morgan fingerprint density at radius 2 is 1.82 bits per heavy atom. The van der Waals surface area contributed by atoms with Crippen LogP contribution >= 0.6 is 0 Å². The molecule has 1 atom stereocenters. The van der Waals surface area contributed by atoms with Crippen LogP contribution in [0.15, 0.2) is 0 Å². The Morgan fingerprint density at radius 3 is 2.18 bits per heavy atom. The summed E-state index contributed by atoms with van der Waals surface area (Å²) in [5.74, 6) is 1.64. The van der Waals surface area contributed by atoms with Gasteiger partial charge in [0.05, 0.1) is 6.54 Å². The lowest BCUT2D eigenvalue weighted by atomic mass is 9.99. The topological polar surface area (TPSA) is 66.0 Å². The van der Waals surface area contributed by atoms with Crippen LogP contribution in [0.2, 0.25) is 0 Å². The highest BCUT2D eigenvalue weighted by atomic mass is 16.5. The van der Waals surface area contributed by atoms with Crippen molar-refractivity contribution in [2.24, 2.45) is 5.73 Å².